The molecular weight excluding hydrogens is 218 g/mol. The Morgan fingerprint density at radius 2 is 2.47 bits per heavy atom. The zero-order chi connectivity index (χ0) is 12.3. The van der Waals surface area contributed by atoms with Gasteiger partial charge in [-0.05, 0) is 25.6 Å². The van der Waals surface area contributed by atoms with Gasteiger partial charge in [0.05, 0.1) is 24.9 Å². The summed E-state index contributed by atoms with van der Waals surface area (Å²) in [6.45, 7) is 4.93. The van der Waals surface area contributed by atoms with Gasteiger partial charge in [0.15, 0.2) is 0 Å². The minimum Gasteiger partial charge on any atom is -0.474 e. The number of aryl methyl sites for hydroxylation is 1. The second kappa shape index (κ2) is 5.33. The molecule has 1 atom stereocenters. The van der Waals surface area contributed by atoms with Gasteiger partial charge < -0.3 is 15.2 Å². The fourth-order valence-electron chi connectivity index (χ4n) is 1.79. The van der Waals surface area contributed by atoms with Crippen LogP contribution in [0.3, 0.4) is 0 Å². The molecule has 94 valence electrons. The van der Waals surface area contributed by atoms with Gasteiger partial charge in [-0.1, -0.05) is 0 Å². The second-order valence-corrected chi connectivity index (χ2v) is 4.43. The molecule has 0 amide bonds. The molecule has 1 saturated heterocycles. The lowest BCUT2D eigenvalue weighted by atomic mass is 10.2. The molecule has 1 unspecified atom stereocenters. The molecule has 5 heteroatoms. The van der Waals surface area contributed by atoms with Crippen LogP contribution in [0.25, 0.3) is 0 Å². The van der Waals surface area contributed by atoms with E-state index < -0.39 is 0 Å². The van der Waals surface area contributed by atoms with E-state index in [9.17, 15) is 0 Å². The summed E-state index contributed by atoms with van der Waals surface area (Å²) in [7, 11) is 2.07. The Hall–Kier alpha value is -1.33. The maximum absolute atomic E-state index is 5.84. The van der Waals surface area contributed by atoms with Crippen molar-refractivity contribution in [3.8, 4) is 5.88 Å². The smallest absolute Gasteiger partial charge is 0.237 e. The van der Waals surface area contributed by atoms with E-state index >= 15 is 0 Å². The monoisotopic (exact) mass is 237 g/mol. The van der Waals surface area contributed by atoms with Crippen LogP contribution in [0.2, 0.25) is 0 Å². The number of nitrogen functional groups attached to an aromatic ring is 1. The Labute approximate surface area is 102 Å². The molecule has 0 bridgehead atoms. The summed E-state index contributed by atoms with van der Waals surface area (Å²) in [5.41, 5.74) is 7.46. The molecule has 1 aromatic rings. The number of likely N-dealkylation sites (N-methyl/N-ethyl adjacent to an activating group) is 1. The number of anilines is 1. The highest BCUT2D eigenvalue weighted by Crippen LogP contribution is 2.19. The Bertz CT molecular complexity index is 384. The number of rotatable bonds is 3. The van der Waals surface area contributed by atoms with Crippen molar-refractivity contribution in [3.05, 3.63) is 17.8 Å². The lowest BCUT2D eigenvalue weighted by molar-refractivity contribution is -0.0112. The van der Waals surface area contributed by atoms with Crippen LogP contribution >= 0.6 is 0 Å². The number of ether oxygens (including phenoxy) is 2. The molecule has 1 aliphatic heterocycles. The van der Waals surface area contributed by atoms with Gasteiger partial charge in [-0.25, -0.2) is 4.98 Å². The molecule has 1 aliphatic rings. The van der Waals surface area contributed by atoms with Crippen LogP contribution in [0.15, 0.2) is 12.3 Å². The van der Waals surface area contributed by atoms with E-state index in [-0.39, 0.29) is 6.04 Å². The lowest BCUT2D eigenvalue weighted by Crippen LogP contribution is -2.46. The van der Waals surface area contributed by atoms with E-state index in [2.05, 4.69) is 16.9 Å². The predicted molar refractivity (Wildman–Crippen MR) is 66.1 cm³/mol. The minimum absolute atomic E-state index is 0.270. The van der Waals surface area contributed by atoms with Crippen molar-refractivity contribution >= 4 is 5.69 Å². The third kappa shape index (κ3) is 3.08. The van der Waals surface area contributed by atoms with Gasteiger partial charge >= 0.3 is 0 Å². The molecular formula is C12H19N3O2. The molecule has 0 saturated carbocycles. The van der Waals surface area contributed by atoms with Crippen molar-refractivity contribution in [2.45, 2.75) is 13.0 Å². The van der Waals surface area contributed by atoms with Crippen LogP contribution in [0.1, 0.15) is 5.56 Å². The summed E-state index contributed by atoms with van der Waals surface area (Å²) in [5.74, 6) is 0.509. The first-order valence-corrected chi connectivity index (χ1v) is 5.79. The molecule has 0 radical (unpaired) electrons. The number of hydrogen-bond donors (Lipinski definition) is 1. The zero-order valence-electron chi connectivity index (χ0n) is 10.3. The molecule has 2 N–H and O–H groups in total. The van der Waals surface area contributed by atoms with Crippen LogP contribution in [-0.4, -0.2) is 49.3 Å². The zero-order valence-corrected chi connectivity index (χ0v) is 10.3. The summed E-state index contributed by atoms with van der Waals surface area (Å²) in [5, 5.41) is 0. The lowest BCUT2D eigenvalue weighted by Gasteiger charge is -2.31. The largest absolute Gasteiger partial charge is 0.474 e. The number of nitrogens with zero attached hydrogens (tertiary/aromatic N) is 2. The van der Waals surface area contributed by atoms with Crippen molar-refractivity contribution in [2.75, 3.05) is 39.1 Å². The molecule has 1 fully saturated rings. The Balaban J connectivity index is 1.92. The van der Waals surface area contributed by atoms with Crippen molar-refractivity contribution in [1.82, 2.24) is 9.88 Å². The van der Waals surface area contributed by atoms with Gasteiger partial charge in [-0.3, -0.25) is 4.90 Å². The molecule has 0 aromatic carbocycles. The van der Waals surface area contributed by atoms with Crippen LogP contribution < -0.4 is 10.5 Å². The van der Waals surface area contributed by atoms with Gasteiger partial charge in [0, 0.05) is 12.7 Å². The standard InChI is InChI=1S/C12H19N3O2/c1-9-5-11(13)12(14-6-9)17-8-10-7-16-4-3-15(10)2/h5-6,10H,3-4,7-8,13H2,1-2H3. The Kier molecular flexibility index (Phi) is 3.81. The van der Waals surface area contributed by atoms with Crippen molar-refractivity contribution < 1.29 is 9.47 Å². The third-order valence-electron chi connectivity index (χ3n) is 2.95. The van der Waals surface area contributed by atoms with Gasteiger partial charge in [0.1, 0.15) is 6.61 Å². The van der Waals surface area contributed by atoms with E-state index in [1.807, 2.05) is 13.0 Å². The minimum atomic E-state index is 0.270. The first-order chi connectivity index (χ1) is 8.16. The van der Waals surface area contributed by atoms with E-state index in [0.29, 0.717) is 24.8 Å². The molecule has 2 heterocycles. The van der Waals surface area contributed by atoms with Crippen LogP contribution in [0.4, 0.5) is 5.69 Å². The van der Waals surface area contributed by atoms with E-state index in [1.165, 1.54) is 0 Å². The molecule has 2 rings (SSSR count). The highest BCUT2D eigenvalue weighted by molar-refractivity contribution is 5.49. The normalized spacial score (nSPS) is 21.4. The first-order valence-electron chi connectivity index (χ1n) is 5.79. The van der Waals surface area contributed by atoms with Crippen LogP contribution in [0.5, 0.6) is 5.88 Å². The molecule has 17 heavy (non-hydrogen) atoms. The summed E-state index contributed by atoms with van der Waals surface area (Å²) in [6, 6.07) is 2.13. The molecule has 0 aliphatic carbocycles. The quantitative estimate of drug-likeness (QED) is 0.837. The second-order valence-electron chi connectivity index (χ2n) is 4.43. The number of hydrogen-bond acceptors (Lipinski definition) is 5. The van der Waals surface area contributed by atoms with Crippen molar-refractivity contribution in [2.24, 2.45) is 0 Å². The van der Waals surface area contributed by atoms with E-state index in [0.717, 1.165) is 18.7 Å². The van der Waals surface area contributed by atoms with Crippen LogP contribution in [-0.2, 0) is 4.74 Å². The summed E-state index contributed by atoms with van der Waals surface area (Å²) in [4.78, 5) is 6.41. The number of pyridine rings is 1. The summed E-state index contributed by atoms with van der Waals surface area (Å²) < 4.78 is 11.1. The van der Waals surface area contributed by atoms with Gasteiger partial charge in [-0.15, -0.1) is 0 Å². The number of nitrogens with two attached hydrogens (primary N) is 1. The van der Waals surface area contributed by atoms with E-state index in [4.69, 9.17) is 15.2 Å². The van der Waals surface area contributed by atoms with Gasteiger partial charge in [0.25, 0.3) is 0 Å². The number of morpholine rings is 1. The molecule has 5 nitrogen and oxygen atoms in total. The van der Waals surface area contributed by atoms with Gasteiger partial charge in [-0.2, -0.15) is 0 Å². The van der Waals surface area contributed by atoms with E-state index in [1.54, 1.807) is 6.20 Å². The Morgan fingerprint density at radius 3 is 3.18 bits per heavy atom. The highest BCUT2D eigenvalue weighted by atomic mass is 16.5. The van der Waals surface area contributed by atoms with Gasteiger partial charge in [0.2, 0.25) is 5.88 Å². The summed E-state index contributed by atoms with van der Waals surface area (Å²) in [6.07, 6.45) is 1.76. The first kappa shape index (κ1) is 12.1. The maximum atomic E-state index is 5.84. The van der Waals surface area contributed by atoms with Crippen LogP contribution in [0, 0.1) is 6.92 Å². The average Bonchev–Trinajstić information content (AvgIpc) is 2.30. The molecule has 0 spiro atoms. The Morgan fingerprint density at radius 1 is 1.65 bits per heavy atom. The predicted octanol–water partition coefficient (Wildman–Crippen LogP) is 0.682. The molecule has 1 aromatic heterocycles. The highest BCUT2D eigenvalue weighted by Gasteiger charge is 2.20. The maximum Gasteiger partial charge on any atom is 0.237 e. The van der Waals surface area contributed by atoms with Crippen molar-refractivity contribution in [3.63, 3.8) is 0 Å². The average molecular weight is 237 g/mol. The fourth-order valence-corrected chi connectivity index (χ4v) is 1.79. The fraction of sp³-hybridized carbons (Fsp3) is 0.583. The van der Waals surface area contributed by atoms with Crippen molar-refractivity contribution in [1.29, 1.82) is 0 Å². The SMILES string of the molecule is Cc1cnc(OCC2COCCN2C)c(N)c1. The topological polar surface area (TPSA) is 60.6 Å². The number of aromatic nitrogens is 1. The summed E-state index contributed by atoms with van der Waals surface area (Å²) >= 11 is 0. The third-order valence-corrected chi connectivity index (χ3v) is 2.95.